The zero-order valence-corrected chi connectivity index (χ0v) is 18.0. The van der Waals surface area contributed by atoms with E-state index < -0.39 is 10.0 Å². The van der Waals surface area contributed by atoms with Crippen molar-refractivity contribution >= 4 is 32.2 Å². The molecule has 2 heterocycles. The van der Waals surface area contributed by atoms with Gasteiger partial charge in [-0.2, -0.15) is 4.31 Å². The topological polar surface area (TPSA) is 62.3 Å². The van der Waals surface area contributed by atoms with Crippen molar-refractivity contribution in [2.45, 2.75) is 17.7 Å². The summed E-state index contributed by atoms with van der Waals surface area (Å²) in [5.41, 5.74) is 2.36. The molecule has 3 aromatic rings. The molecule has 4 rings (SSSR count). The van der Waals surface area contributed by atoms with Crippen LogP contribution in [0, 0.1) is 5.82 Å². The van der Waals surface area contributed by atoms with Crippen molar-refractivity contribution in [3.05, 3.63) is 59.7 Å². The average Bonchev–Trinajstić information content (AvgIpc) is 3.36. The van der Waals surface area contributed by atoms with E-state index in [4.69, 9.17) is 0 Å². The summed E-state index contributed by atoms with van der Waals surface area (Å²) >= 11 is 1.43. The lowest BCUT2D eigenvalue weighted by atomic mass is 10.2. The third-order valence-corrected chi connectivity index (χ3v) is 7.12. The van der Waals surface area contributed by atoms with E-state index in [1.165, 1.54) is 27.8 Å². The first-order valence-electron chi connectivity index (χ1n) is 8.61. The maximum Gasteiger partial charge on any atom is 0.243 e. The third-order valence-electron chi connectivity index (χ3n) is 4.45. The molecule has 5 nitrogen and oxygen atoms in total. The molecule has 0 atom stereocenters. The maximum atomic E-state index is 13.0. The van der Waals surface area contributed by atoms with Gasteiger partial charge in [-0.05, 0) is 49.2 Å². The van der Waals surface area contributed by atoms with E-state index in [0.29, 0.717) is 23.1 Å². The van der Waals surface area contributed by atoms with E-state index in [9.17, 15) is 12.8 Å². The monoisotopic (exact) mass is 482 g/mol. The predicted octanol–water partition coefficient (Wildman–Crippen LogP) is 1.48. The van der Waals surface area contributed by atoms with Crippen LogP contribution in [-0.4, -0.2) is 30.8 Å². The molecule has 1 saturated heterocycles. The number of hydrogen-bond donors (Lipinski definition) is 1. The molecule has 0 saturated carbocycles. The van der Waals surface area contributed by atoms with Gasteiger partial charge in [0, 0.05) is 29.7 Å². The first kappa shape index (κ1) is 20.9. The molecule has 1 aliphatic rings. The van der Waals surface area contributed by atoms with Crippen molar-refractivity contribution < 1.29 is 29.8 Å². The van der Waals surface area contributed by atoms with Gasteiger partial charge in [0.05, 0.1) is 10.6 Å². The van der Waals surface area contributed by atoms with Crippen LogP contribution in [-0.2, 0) is 10.0 Å². The highest BCUT2D eigenvalue weighted by Crippen LogP contribution is 2.29. The second-order valence-electron chi connectivity index (χ2n) is 6.31. The maximum absolute atomic E-state index is 13.0. The Balaban J connectivity index is 0.00000225. The summed E-state index contributed by atoms with van der Waals surface area (Å²) in [6, 6.07) is 12.9. The van der Waals surface area contributed by atoms with Crippen LogP contribution in [0.15, 0.2) is 58.8 Å². The van der Waals surface area contributed by atoms with Crippen molar-refractivity contribution in [2.24, 2.45) is 0 Å². The molecule has 0 spiro atoms. The molecule has 1 aromatic heterocycles. The van der Waals surface area contributed by atoms with Crippen LogP contribution >= 0.6 is 11.3 Å². The summed E-state index contributed by atoms with van der Waals surface area (Å²) in [5, 5.41) is 5.72. The fourth-order valence-electron chi connectivity index (χ4n) is 3.00. The molecule has 1 fully saturated rings. The minimum Gasteiger partial charge on any atom is -1.00 e. The summed E-state index contributed by atoms with van der Waals surface area (Å²) in [6.07, 6.45) is 1.83. The number of anilines is 2. The summed E-state index contributed by atoms with van der Waals surface area (Å²) < 4.78 is 39.7. The van der Waals surface area contributed by atoms with Crippen LogP contribution < -0.4 is 22.3 Å². The molecule has 148 valence electrons. The molecule has 9 heteroatoms. The van der Waals surface area contributed by atoms with Crippen LogP contribution in [0.2, 0.25) is 0 Å². The number of hydrogen-bond acceptors (Lipinski definition) is 5. The largest absolute Gasteiger partial charge is 1.00 e. The van der Waals surface area contributed by atoms with Gasteiger partial charge < -0.3 is 22.3 Å². The first-order chi connectivity index (χ1) is 13.0. The fourth-order valence-corrected chi connectivity index (χ4v) is 5.25. The Hall–Kier alpha value is -1.81. The quantitative estimate of drug-likeness (QED) is 0.598. The van der Waals surface area contributed by atoms with Crippen molar-refractivity contribution in [2.75, 3.05) is 18.4 Å². The van der Waals surface area contributed by atoms with Crippen molar-refractivity contribution in [3.8, 4) is 11.3 Å². The molecule has 2 aromatic carbocycles. The molecule has 1 N–H and O–H groups in total. The highest BCUT2D eigenvalue weighted by atomic mass is 79.9. The second kappa shape index (κ2) is 8.69. The number of thiazole rings is 1. The van der Waals surface area contributed by atoms with Crippen LogP contribution in [0.5, 0.6) is 0 Å². The van der Waals surface area contributed by atoms with E-state index >= 15 is 0 Å². The van der Waals surface area contributed by atoms with Gasteiger partial charge in [0.1, 0.15) is 5.82 Å². The van der Waals surface area contributed by atoms with Crippen molar-refractivity contribution in [1.82, 2.24) is 9.29 Å². The van der Waals surface area contributed by atoms with Gasteiger partial charge in [0.2, 0.25) is 10.0 Å². The van der Waals surface area contributed by atoms with Crippen LogP contribution in [0.3, 0.4) is 0 Å². The lowest BCUT2D eigenvalue weighted by Gasteiger charge is -2.15. The zero-order chi connectivity index (χ0) is 18.9. The number of benzene rings is 2. The Morgan fingerprint density at radius 1 is 1.00 bits per heavy atom. The van der Waals surface area contributed by atoms with Crippen LogP contribution in [0.1, 0.15) is 12.8 Å². The molecular formula is C19H18BrFN3O2S2-. The molecule has 0 unspecified atom stereocenters. The predicted molar refractivity (Wildman–Crippen MR) is 105 cm³/mol. The number of halogens is 2. The normalized spacial score (nSPS) is 14.6. The van der Waals surface area contributed by atoms with Gasteiger partial charge in [0.15, 0.2) is 5.13 Å². The number of nitrogens with one attached hydrogen (secondary N) is 1. The summed E-state index contributed by atoms with van der Waals surface area (Å²) in [5.74, 6) is -0.288. The zero-order valence-electron chi connectivity index (χ0n) is 14.8. The van der Waals surface area contributed by atoms with E-state index in [2.05, 4.69) is 10.3 Å². The number of aromatic nitrogens is 1. The molecular weight excluding hydrogens is 465 g/mol. The molecule has 0 radical (unpaired) electrons. The van der Waals surface area contributed by atoms with Crippen molar-refractivity contribution in [3.63, 3.8) is 0 Å². The Labute approximate surface area is 178 Å². The van der Waals surface area contributed by atoms with Crippen LogP contribution in [0.25, 0.3) is 11.3 Å². The van der Waals surface area contributed by atoms with Crippen LogP contribution in [0.4, 0.5) is 15.2 Å². The lowest BCUT2D eigenvalue weighted by Crippen LogP contribution is -3.00. The Kier molecular flexibility index (Phi) is 6.49. The smallest absolute Gasteiger partial charge is 0.243 e. The first-order valence-corrected chi connectivity index (χ1v) is 10.9. The Morgan fingerprint density at radius 3 is 2.29 bits per heavy atom. The summed E-state index contributed by atoms with van der Waals surface area (Å²) in [7, 11) is -3.40. The third kappa shape index (κ3) is 4.43. The van der Waals surface area contributed by atoms with Gasteiger partial charge in [-0.3, -0.25) is 0 Å². The Morgan fingerprint density at radius 2 is 1.64 bits per heavy atom. The molecule has 1 aliphatic heterocycles. The fraction of sp³-hybridized carbons (Fsp3) is 0.211. The molecule has 0 amide bonds. The minimum absolute atomic E-state index is 0. The second-order valence-corrected chi connectivity index (χ2v) is 9.10. The lowest BCUT2D eigenvalue weighted by molar-refractivity contribution is -0.00000851. The van der Waals surface area contributed by atoms with Gasteiger partial charge >= 0.3 is 0 Å². The molecule has 0 bridgehead atoms. The average molecular weight is 483 g/mol. The summed E-state index contributed by atoms with van der Waals surface area (Å²) in [4.78, 5) is 4.83. The molecule has 0 aliphatic carbocycles. The standard InChI is InChI=1S/C19H18FN3O2S2.BrH/c20-15-5-7-16(8-6-15)21-19-22-18(13-26-19)14-3-9-17(10-4-14)27(24,25)23-11-1-2-12-23;/h3-10,13H,1-2,11-12H2,(H,21,22);1H/p-1. The highest BCUT2D eigenvalue weighted by Gasteiger charge is 2.26. The van der Waals surface area contributed by atoms with E-state index in [-0.39, 0.29) is 22.8 Å². The van der Waals surface area contributed by atoms with Gasteiger partial charge in [-0.15, -0.1) is 11.3 Å². The van der Waals surface area contributed by atoms with E-state index in [0.717, 1.165) is 29.8 Å². The number of sulfonamides is 1. The van der Waals surface area contributed by atoms with E-state index in [1.807, 2.05) is 5.38 Å². The minimum atomic E-state index is -3.40. The number of nitrogens with zero attached hydrogens (tertiary/aromatic N) is 2. The van der Waals surface area contributed by atoms with Crippen molar-refractivity contribution in [1.29, 1.82) is 0 Å². The summed E-state index contributed by atoms with van der Waals surface area (Å²) in [6.45, 7) is 1.18. The van der Waals surface area contributed by atoms with Gasteiger partial charge in [0.25, 0.3) is 0 Å². The van der Waals surface area contributed by atoms with E-state index in [1.54, 1.807) is 36.4 Å². The SMILES string of the molecule is O=S(=O)(c1ccc(-c2csc(Nc3ccc(F)cc3)n2)cc1)N1CCCC1.[Br-]. The molecule has 28 heavy (non-hydrogen) atoms. The highest BCUT2D eigenvalue weighted by molar-refractivity contribution is 7.89. The Bertz CT molecular complexity index is 1030. The van der Waals surface area contributed by atoms with Gasteiger partial charge in [-0.25, -0.2) is 17.8 Å². The number of rotatable bonds is 5. The van der Waals surface area contributed by atoms with Gasteiger partial charge in [-0.1, -0.05) is 12.1 Å².